The number of benzene rings is 1. The molecule has 0 radical (unpaired) electrons. The Morgan fingerprint density at radius 1 is 1.42 bits per heavy atom. The van der Waals surface area contributed by atoms with Crippen molar-refractivity contribution in [1.29, 1.82) is 0 Å². The molecule has 12 heavy (non-hydrogen) atoms. The average Bonchev–Trinajstić information content (AvgIpc) is 2.07. The first-order valence-corrected chi connectivity index (χ1v) is 3.87. The second-order valence-corrected chi connectivity index (χ2v) is 2.51. The van der Waals surface area contributed by atoms with Gasteiger partial charge in [-0.1, -0.05) is 36.4 Å². The van der Waals surface area contributed by atoms with Gasteiger partial charge in [0, 0.05) is 5.57 Å². The first-order valence-electron chi connectivity index (χ1n) is 3.87. The Hall–Kier alpha value is -1.15. The fourth-order valence-electron chi connectivity index (χ4n) is 1.12. The second-order valence-electron chi connectivity index (χ2n) is 2.51. The molecule has 64 valence electrons. The highest BCUT2D eigenvalue weighted by Crippen LogP contribution is 2.16. The molecule has 0 bridgehead atoms. The molecule has 1 aromatic carbocycles. The van der Waals surface area contributed by atoms with Crippen molar-refractivity contribution >= 4 is 5.57 Å². The summed E-state index contributed by atoms with van der Waals surface area (Å²) in [6, 6.07) is 9.30. The van der Waals surface area contributed by atoms with Crippen LogP contribution in [0.15, 0.2) is 36.4 Å². The number of rotatable bonds is 2. The van der Waals surface area contributed by atoms with E-state index in [2.05, 4.69) is 0 Å². The highest BCUT2D eigenvalue weighted by Gasteiger charge is 2.07. The Morgan fingerprint density at radius 3 is 2.42 bits per heavy atom. The quantitative estimate of drug-likeness (QED) is 0.669. The molecule has 0 aliphatic heterocycles. The van der Waals surface area contributed by atoms with Crippen LogP contribution in [-0.2, 0) is 0 Å². The van der Waals surface area contributed by atoms with E-state index in [1.807, 2.05) is 30.3 Å². The standard InChI is InChI=1S/C10H12FN/c1-2-9(10(11)12)8-6-4-3-5-7-8/h2-7,10H,12H2,1H3. The molecule has 0 fully saturated rings. The monoisotopic (exact) mass is 165 g/mol. The third kappa shape index (κ3) is 1.92. The molecule has 1 atom stereocenters. The molecule has 0 amide bonds. The van der Waals surface area contributed by atoms with E-state index < -0.39 is 6.30 Å². The van der Waals surface area contributed by atoms with Crippen LogP contribution < -0.4 is 5.73 Å². The van der Waals surface area contributed by atoms with Gasteiger partial charge in [0.05, 0.1) is 0 Å². The van der Waals surface area contributed by atoms with Crippen LogP contribution in [0.1, 0.15) is 12.5 Å². The fraction of sp³-hybridized carbons (Fsp3) is 0.200. The van der Waals surface area contributed by atoms with Gasteiger partial charge in [-0.2, -0.15) is 0 Å². The predicted octanol–water partition coefficient (Wildman–Crippen LogP) is 2.34. The van der Waals surface area contributed by atoms with E-state index in [9.17, 15) is 4.39 Å². The largest absolute Gasteiger partial charge is 0.298 e. The van der Waals surface area contributed by atoms with Crippen LogP contribution in [0.4, 0.5) is 4.39 Å². The van der Waals surface area contributed by atoms with Gasteiger partial charge in [0.25, 0.3) is 0 Å². The van der Waals surface area contributed by atoms with Crippen LogP contribution in [0.25, 0.3) is 5.57 Å². The van der Waals surface area contributed by atoms with E-state index in [4.69, 9.17) is 5.73 Å². The molecule has 1 unspecified atom stereocenters. The van der Waals surface area contributed by atoms with E-state index in [-0.39, 0.29) is 0 Å². The number of nitrogens with two attached hydrogens (primary N) is 1. The summed E-state index contributed by atoms with van der Waals surface area (Å²) in [5.74, 6) is 0. The number of halogens is 1. The van der Waals surface area contributed by atoms with E-state index in [0.29, 0.717) is 5.57 Å². The molecule has 1 nitrogen and oxygen atoms in total. The normalized spacial score (nSPS) is 14.4. The molecule has 0 aliphatic carbocycles. The number of alkyl halides is 1. The van der Waals surface area contributed by atoms with Crippen LogP contribution in [0.3, 0.4) is 0 Å². The first-order chi connectivity index (χ1) is 5.75. The highest BCUT2D eigenvalue weighted by molar-refractivity contribution is 5.67. The second kappa shape index (κ2) is 4.02. The van der Waals surface area contributed by atoms with Crippen molar-refractivity contribution in [1.82, 2.24) is 0 Å². The van der Waals surface area contributed by atoms with Crippen molar-refractivity contribution < 1.29 is 4.39 Å². The lowest BCUT2D eigenvalue weighted by Gasteiger charge is -2.07. The fourth-order valence-corrected chi connectivity index (χ4v) is 1.12. The third-order valence-corrected chi connectivity index (χ3v) is 1.72. The molecule has 0 saturated carbocycles. The number of hydrogen-bond donors (Lipinski definition) is 1. The van der Waals surface area contributed by atoms with Gasteiger partial charge in [-0.25, -0.2) is 4.39 Å². The van der Waals surface area contributed by atoms with Crippen molar-refractivity contribution in [3.63, 3.8) is 0 Å². The summed E-state index contributed by atoms with van der Waals surface area (Å²) < 4.78 is 12.8. The lowest BCUT2D eigenvalue weighted by Crippen LogP contribution is -2.14. The summed E-state index contributed by atoms with van der Waals surface area (Å²) >= 11 is 0. The molecule has 1 rings (SSSR count). The number of allylic oxidation sites excluding steroid dienone is 1. The molecular weight excluding hydrogens is 153 g/mol. The Kier molecular flexibility index (Phi) is 3.00. The maximum atomic E-state index is 12.8. The molecule has 0 aliphatic rings. The Balaban J connectivity index is 2.97. The van der Waals surface area contributed by atoms with Crippen molar-refractivity contribution in [3.05, 3.63) is 42.0 Å². The van der Waals surface area contributed by atoms with Gasteiger partial charge in [0.2, 0.25) is 0 Å². The molecular formula is C10H12FN. The molecule has 1 aromatic rings. The molecule has 0 spiro atoms. The summed E-state index contributed by atoms with van der Waals surface area (Å²) in [5, 5.41) is 0. The van der Waals surface area contributed by atoms with Crippen LogP contribution in [0.2, 0.25) is 0 Å². The Bertz CT molecular complexity index is 264. The third-order valence-electron chi connectivity index (χ3n) is 1.72. The summed E-state index contributed by atoms with van der Waals surface area (Å²) in [4.78, 5) is 0. The lowest BCUT2D eigenvalue weighted by atomic mass is 10.1. The van der Waals surface area contributed by atoms with Crippen LogP contribution >= 0.6 is 0 Å². The molecule has 0 aromatic heterocycles. The smallest absolute Gasteiger partial charge is 0.174 e. The summed E-state index contributed by atoms with van der Waals surface area (Å²) in [6.07, 6.45) is 0.303. The minimum atomic E-state index is -1.39. The van der Waals surface area contributed by atoms with Crippen molar-refractivity contribution in [3.8, 4) is 0 Å². The predicted molar refractivity (Wildman–Crippen MR) is 49.2 cm³/mol. The van der Waals surface area contributed by atoms with Gasteiger partial charge in [0.15, 0.2) is 6.30 Å². The summed E-state index contributed by atoms with van der Waals surface area (Å²) in [5.41, 5.74) is 6.52. The zero-order chi connectivity index (χ0) is 8.97. The molecule has 2 heteroatoms. The van der Waals surface area contributed by atoms with Gasteiger partial charge < -0.3 is 0 Å². The van der Waals surface area contributed by atoms with Crippen LogP contribution in [0.5, 0.6) is 0 Å². The lowest BCUT2D eigenvalue weighted by molar-refractivity contribution is 0.424. The molecule has 2 N–H and O–H groups in total. The van der Waals surface area contributed by atoms with Crippen molar-refractivity contribution in [2.75, 3.05) is 0 Å². The van der Waals surface area contributed by atoms with E-state index in [1.54, 1.807) is 13.0 Å². The maximum absolute atomic E-state index is 12.8. The van der Waals surface area contributed by atoms with Crippen molar-refractivity contribution in [2.24, 2.45) is 5.73 Å². The first kappa shape index (κ1) is 8.94. The van der Waals surface area contributed by atoms with E-state index in [1.165, 1.54) is 0 Å². The van der Waals surface area contributed by atoms with E-state index >= 15 is 0 Å². The van der Waals surface area contributed by atoms with Gasteiger partial charge in [-0.3, -0.25) is 5.73 Å². The topological polar surface area (TPSA) is 26.0 Å². The maximum Gasteiger partial charge on any atom is 0.174 e. The Morgan fingerprint density at radius 2 is 2.00 bits per heavy atom. The number of hydrogen-bond acceptors (Lipinski definition) is 1. The van der Waals surface area contributed by atoms with E-state index in [0.717, 1.165) is 5.56 Å². The minimum absolute atomic E-state index is 0.538. The van der Waals surface area contributed by atoms with Gasteiger partial charge in [-0.15, -0.1) is 0 Å². The summed E-state index contributed by atoms with van der Waals surface area (Å²) in [6.45, 7) is 1.78. The Labute approximate surface area is 71.7 Å². The highest BCUT2D eigenvalue weighted by atomic mass is 19.1. The van der Waals surface area contributed by atoms with Gasteiger partial charge >= 0.3 is 0 Å². The SMILES string of the molecule is CC=C(c1ccccc1)C(N)F. The van der Waals surface area contributed by atoms with Crippen LogP contribution in [0, 0.1) is 0 Å². The van der Waals surface area contributed by atoms with Gasteiger partial charge in [0.1, 0.15) is 0 Å². The molecule has 0 saturated heterocycles. The zero-order valence-corrected chi connectivity index (χ0v) is 7.00. The average molecular weight is 165 g/mol. The van der Waals surface area contributed by atoms with Gasteiger partial charge in [-0.05, 0) is 12.5 Å². The minimum Gasteiger partial charge on any atom is -0.298 e. The molecule has 0 heterocycles. The summed E-state index contributed by atoms with van der Waals surface area (Å²) in [7, 11) is 0. The zero-order valence-electron chi connectivity index (χ0n) is 7.00. The van der Waals surface area contributed by atoms with Crippen molar-refractivity contribution in [2.45, 2.75) is 13.2 Å². The van der Waals surface area contributed by atoms with Crippen LogP contribution in [-0.4, -0.2) is 6.30 Å².